The first-order valence-corrected chi connectivity index (χ1v) is 29.7. The fourth-order valence-corrected chi connectivity index (χ4v) is 13.9. The fourth-order valence-electron chi connectivity index (χ4n) is 13.9. The molecule has 20 unspecified atom stereocenters. The molecular formula is C57H52ClF24LiO24. The molecule has 24 nitrogen and oxygen atoms in total. The van der Waals surface area contributed by atoms with Crippen molar-refractivity contribution in [1.82, 2.24) is 0 Å². The number of fused-ring (bicyclic) bond motifs is 9. The smallest absolute Gasteiger partial charge is 0.839 e. The Balaban J connectivity index is 0.000000345. The van der Waals surface area contributed by atoms with Gasteiger partial charge in [-0.25, -0.2) is 4.79 Å². The molecule has 3 aliphatic heterocycles. The van der Waals surface area contributed by atoms with Gasteiger partial charge in [-0.05, 0) is 74.8 Å². The van der Waals surface area contributed by atoms with E-state index in [2.05, 4.69) is 32.1 Å². The third-order valence-electron chi connectivity index (χ3n) is 17.9. The van der Waals surface area contributed by atoms with E-state index in [4.69, 9.17) is 51.3 Å². The van der Waals surface area contributed by atoms with Crippen LogP contribution in [-0.4, -0.2) is 190 Å². The van der Waals surface area contributed by atoms with Crippen molar-refractivity contribution >= 4 is 77.0 Å². The van der Waals surface area contributed by atoms with Gasteiger partial charge in [0.1, 0.15) is 18.3 Å². The second-order valence-electron chi connectivity index (χ2n) is 24.6. The number of aliphatic hydroxyl groups excluding tert-OH is 1. The Bertz CT molecular complexity index is 3290. The molecule has 3 heterocycles. The van der Waals surface area contributed by atoms with E-state index in [0.717, 1.165) is 6.42 Å². The van der Waals surface area contributed by atoms with E-state index in [9.17, 15) is 164 Å². The van der Waals surface area contributed by atoms with Crippen LogP contribution in [-0.2, 0) is 85.9 Å². The van der Waals surface area contributed by atoms with Gasteiger partial charge in [0.2, 0.25) is 5.24 Å². The number of carboxylic acids is 1. The Morgan fingerprint density at radius 1 is 0.495 bits per heavy atom. The molecule has 6 saturated carbocycles. The van der Waals surface area contributed by atoms with Crippen LogP contribution in [0, 0.1) is 94.7 Å². The number of carbonyl (C=O) groups excluding carboxylic acids is 9. The zero-order valence-electron chi connectivity index (χ0n) is 53.4. The Morgan fingerprint density at radius 2 is 0.794 bits per heavy atom. The van der Waals surface area contributed by atoms with Crippen molar-refractivity contribution < 1.29 is 241 Å². The van der Waals surface area contributed by atoms with Gasteiger partial charge in [0.15, 0.2) is 0 Å². The zero-order valence-corrected chi connectivity index (χ0v) is 54.2. The van der Waals surface area contributed by atoms with Gasteiger partial charge in [0.25, 0.3) is 24.8 Å². The molecule has 3 saturated heterocycles. The number of aliphatic carboxylic acids is 1. The molecule has 0 aromatic rings. The largest absolute Gasteiger partial charge is 1.00 e. The first-order chi connectivity index (χ1) is 48.1. The van der Waals surface area contributed by atoms with E-state index < -0.39 is 216 Å². The van der Waals surface area contributed by atoms with Gasteiger partial charge in [0, 0.05) is 34.8 Å². The van der Waals surface area contributed by atoms with Crippen molar-refractivity contribution in [3.63, 3.8) is 0 Å². The molecule has 50 heteroatoms. The van der Waals surface area contributed by atoms with Gasteiger partial charge in [-0.3, -0.25) is 58.5 Å². The molecule has 5 N–H and O–H groups in total. The first-order valence-electron chi connectivity index (χ1n) is 29.3. The van der Waals surface area contributed by atoms with Crippen LogP contribution < -0.4 is 24.0 Å². The van der Waals surface area contributed by atoms with Crippen LogP contribution in [0.15, 0.2) is 48.6 Å². The summed E-state index contributed by atoms with van der Waals surface area (Å²) < 4.78 is 321. The van der Waals surface area contributed by atoms with Gasteiger partial charge < -0.3 is 53.6 Å². The second kappa shape index (κ2) is 34.7. The van der Waals surface area contributed by atoms with Crippen LogP contribution in [0.4, 0.5) is 105 Å². The third-order valence-corrected chi connectivity index (χ3v) is 18.2. The van der Waals surface area contributed by atoms with Gasteiger partial charge in [-0.15, -0.1) is 0 Å². The standard InChI is InChI=1S/C16H14F6O6.C12H10F6O5.C12H10F6O4.C9H8O3.C4H5ClO.C3HF6O.CH2O2.Li.H2O2/c1-4(2)11(23)26-9-6-3-5-7(12(24)27-10(5)9)8(6)13(25)28-14(15(17,18)19)16(20,21)22;13-11(14,15)10(12(16,17)18)23-9(21)4-2-1-3-5(4)8(20)22-7(3)6(2)19;13-11(14,15)10(12(16,17)18)22-9(21)7-5-2-1-4(3-5)6(7)8(19)20;10-8-6-4-1-2-5(3-4)7(6)9(11)12-8;1-3(2)4(5)6;4-2(5,6)1(10)3(7,8)9;2-1-3;;1-2/h5-10,14H,1,3H2,2H3;2-7,10,19H,1H2;1-2,4-7,10H,3H2,(H,19,20);1-2,4-7H,3H2;1H2,2H3;1H;1H,(H,2,3);;1-2H/q;;;;;-1;;+1;. The number of hydrogen-bond acceptors (Lipinski definition) is 22. The minimum Gasteiger partial charge on any atom is -0.839 e. The second-order valence-corrected chi connectivity index (χ2v) is 24.9. The molecular weight excluding hydrogens is 1570 g/mol. The molecule has 9 fully saturated rings. The molecule has 0 amide bonds. The summed E-state index contributed by atoms with van der Waals surface area (Å²) in [6.45, 7) is 9.27. The minimum atomic E-state index is -5.88. The third kappa shape index (κ3) is 21.5. The van der Waals surface area contributed by atoms with E-state index >= 15 is 0 Å². The van der Waals surface area contributed by atoms with Gasteiger partial charge in [0.05, 0.1) is 59.6 Å². The quantitative estimate of drug-likeness (QED) is 0.0155. The van der Waals surface area contributed by atoms with Crippen LogP contribution in [0.5, 0.6) is 0 Å². The fraction of sp³-hybridized carbons (Fsp3) is 0.667. The Labute approximate surface area is 597 Å². The molecule has 600 valence electrons. The van der Waals surface area contributed by atoms with E-state index in [1.807, 2.05) is 12.2 Å². The van der Waals surface area contributed by atoms with Crippen molar-refractivity contribution in [2.24, 2.45) is 94.7 Å². The summed E-state index contributed by atoms with van der Waals surface area (Å²) in [5, 5.41) is 46.6. The van der Waals surface area contributed by atoms with Crippen LogP contribution >= 0.6 is 11.6 Å². The average Bonchev–Trinajstić information content (AvgIpc) is 1.56. The number of rotatable bonds is 10. The maximum absolute atomic E-state index is 12.7. The monoisotopic (exact) mass is 1620 g/mol. The number of allylic oxidation sites excluding steroid dienone is 5. The molecule has 11 rings (SSSR count). The summed E-state index contributed by atoms with van der Waals surface area (Å²) >= 11 is 4.87. The van der Waals surface area contributed by atoms with Crippen molar-refractivity contribution in [1.29, 1.82) is 0 Å². The number of hydrogen-bond donors (Lipinski definition) is 5. The molecule has 107 heavy (non-hydrogen) atoms. The molecule has 20 atom stereocenters. The first kappa shape index (κ1) is 93.8. The number of carbonyl (C=O) groups is 11. The normalized spacial score (nSPS) is 30.9. The predicted molar refractivity (Wildman–Crippen MR) is 283 cm³/mol. The predicted octanol–water partition coefficient (Wildman–Crippen LogP) is 5.45. The summed E-state index contributed by atoms with van der Waals surface area (Å²) in [6.07, 6.45) is -59.7. The van der Waals surface area contributed by atoms with Crippen molar-refractivity contribution in [3.8, 4) is 0 Å². The maximum atomic E-state index is 12.7. The molecule has 0 radical (unpaired) electrons. The molecule has 0 aromatic carbocycles. The topological polar surface area (TPSA) is 377 Å². The maximum Gasteiger partial charge on any atom is 1.00 e. The van der Waals surface area contributed by atoms with E-state index in [0.29, 0.717) is 5.57 Å². The Hall–Kier alpha value is -7.42. The van der Waals surface area contributed by atoms with E-state index in [-0.39, 0.29) is 85.8 Å². The SMILES string of the molecule is C=C(C)C(=O)Cl.C=C(C)C(=O)OC1C2CC3C1OC(=O)C3C2C(=O)OC(C(F)(F)F)C(F)(F)F.O=C(O)C1C2C=CC(C2)C1C(=O)OC(C(F)(F)F)C(F)(F)F.O=C(OC(C(F)(F)F)C(F)(F)F)C1C2CC3C(OC(=O)C31)C2O.O=C1OC(=O)C2C3C=CC(C3)C12.O=CO.OO.[Li+].[O-]C(C(F)(F)F)C(F)(F)F. The summed E-state index contributed by atoms with van der Waals surface area (Å²) in [6, 6.07) is 0. The minimum absolute atomic E-state index is 0. The van der Waals surface area contributed by atoms with Crippen molar-refractivity contribution in [2.75, 3.05) is 0 Å². The van der Waals surface area contributed by atoms with Crippen molar-refractivity contribution in [2.45, 2.75) is 138 Å². The van der Waals surface area contributed by atoms with Gasteiger partial charge in [-0.1, -0.05) is 37.5 Å². The summed E-state index contributed by atoms with van der Waals surface area (Å²) in [5.74, 6) is -22.9. The molecule has 11 aliphatic rings. The molecule has 8 bridgehead atoms. The number of carboxylic acid groups (broad SMARTS) is 2. The summed E-state index contributed by atoms with van der Waals surface area (Å²) in [7, 11) is 0. The number of ether oxygens (including phenoxy) is 7. The zero-order chi connectivity index (χ0) is 82.1. The number of alkyl halides is 24. The van der Waals surface area contributed by atoms with Gasteiger partial charge >= 0.3 is 122 Å². The Kier molecular flexibility index (Phi) is 30.4. The van der Waals surface area contributed by atoms with Crippen molar-refractivity contribution in [3.05, 3.63) is 48.6 Å². The van der Waals surface area contributed by atoms with Crippen LogP contribution in [0.25, 0.3) is 0 Å². The number of aliphatic hydroxyl groups is 1. The number of cyclic esters (lactones) is 2. The number of esters is 8. The number of halogens is 25. The van der Waals surface area contributed by atoms with Crippen LogP contribution in [0.1, 0.15) is 39.5 Å². The molecule has 8 aliphatic carbocycles. The molecule has 0 spiro atoms. The van der Waals surface area contributed by atoms with Gasteiger partial charge in [-0.2, -0.15) is 105 Å². The summed E-state index contributed by atoms with van der Waals surface area (Å²) in [4.78, 5) is 123. The Morgan fingerprint density at radius 3 is 1.11 bits per heavy atom. The van der Waals surface area contributed by atoms with Crippen LogP contribution in [0.3, 0.4) is 0 Å². The van der Waals surface area contributed by atoms with E-state index in [1.54, 1.807) is 6.92 Å². The average molecular weight is 1620 g/mol. The molecule has 0 aromatic heterocycles. The summed E-state index contributed by atoms with van der Waals surface area (Å²) in [5.41, 5.74) is 0.369. The van der Waals surface area contributed by atoms with Crippen LogP contribution in [0.2, 0.25) is 0 Å². The van der Waals surface area contributed by atoms with E-state index in [1.165, 1.54) is 19.1 Å².